The van der Waals surface area contributed by atoms with E-state index in [1.54, 1.807) is 24.7 Å². The van der Waals surface area contributed by atoms with Crippen LogP contribution in [0, 0.1) is 0 Å². The van der Waals surface area contributed by atoms with E-state index >= 15 is 0 Å². The molecule has 2 N–H and O–H groups in total. The molecule has 2 aromatic heterocycles. The topological polar surface area (TPSA) is 101 Å². The lowest BCUT2D eigenvalue weighted by Crippen LogP contribution is -2.35. The molecule has 3 aromatic rings. The van der Waals surface area contributed by atoms with Crippen LogP contribution >= 0.6 is 0 Å². The third kappa shape index (κ3) is 3.90. The average molecular weight is 375 g/mol. The number of amides is 1. The normalized spacial score (nSPS) is 14.6. The number of nitrogens with two attached hydrogens (primary N) is 1. The standard InChI is InChI=1S/C20H21N7O/c21-18-14-24-17(13-25-18)15-4-1-5-16(12-15)19(28)26-8-3-9-27(11-10-26)20-22-6-2-7-23-20/h1-2,4-7,12-14H,3,8-11H2,(H2,21,25). The average Bonchev–Trinajstić information content (AvgIpc) is 3.01. The highest BCUT2D eigenvalue weighted by Crippen LogP contribution is 2.20. The minimum Gasteiger partial charge on any atom is -0.382 e. The van der Waals surface area contributed by atoms with E-state index in [0.717, 1.165) is 18.5 Å². The van der Waals surface area contributed by atoms with Crippen LogP contribution in [0.3, 0.4) is 0 Å². The Morgan fingerprint density at radius 1 is 0.929 bits per heavy atom. The number of hydrogen-bond acceptors (Lipinski definition) is 7. The summed E-state index contributed by atoms with van der Waals surface area (Å²) >= 11 is 0. The maximum Gasteiger partial charge on any atom is 0.253 e. The molecule has 0 saturated carbocycles. The molecule has 3 heterocycles. The van der Waals surface area contributed by atoms with Crippen LogP contribution in [0.15, 0.2) is 55.1 Å². The lowest BCUT2D eigenvalue weighted by Gasteiger charge is -2.22. The van der Waals surface area contributed by atoms with Crippen molar-refractivity contribution in [3.63, 3.8) is 0 Å². The van der Waals surface area contributed by atoms with Gasteiger partial charge in [-0.1, -0.05) is 12.1 Å². The van der Waals surface area contributed by atoms with Crippen molar-refractivity contribution < 1.29 is 4.79 Å². The Hall–Kier alpha value is -3.55. The fourth-order valence-corrected chi connectivity index (χ4v) is 3.26. The van der Waals surface area contributed by atoms with Gasteiger partial charge >= 0.3 is 0 Å². The van der Waals surface area contributed by atoms with Gasteiger partial charge in [0, 0.05) is 49.7 Å². The zero-order chi connectivity index (χ0) is 19.3. The van der Waals surface area contributed by atoms with Gasteiger partial charge in [-0.05, 0) is 24.6 Å². The van der Waals surface area contributed by atoms with Crippen LogP contribution in [-0.2, 0) is 0 Å². The molecular weight excluding hydrogens is 354 g/mol. The molecule has 1 aliphatic rings. The Labute approximate surface area is 163 Å². The van der Waals surface area contributed by atoms with Crippen LogP contribution < -0.4 is 10.6 Å². The van der Waals surface area contributed by atoms with Crippen molar-refractivity contribution in [3.05, 3.63) is 60.7 Å². The number of carbonyl (C=O) groups excluding carboxylic acids is 1. The monoisotopic (exact) mass is 375 g/mol. The summed E-state index contributed by atoms with van der Waals surface area (Å²) in [6.45, 7) is 2.87. The number of aromatic nitrogens is 4. The molecule has 0 bridgehead atoms. The largest absolute Gasteiger partial charge is 0.382 e. The van der Waals surface area contributed by atoms with E-state index in [-0.39, 0.29) is 5.91 Å². The molecule has 4 rings (SSSR count). The molecular formula is C20H21N7O. The minimum atomic E-state index is 0.0149. The van der Waals surface area contributed by atoms with Crippen molar-refractivity contribution in [3.8, 4) is 11.3 Å². The van der Waals surface area contributed by atoms with Gasteiger partial charge in [0.2, 0.25) is 5.95 Å². The van der Waals surface area contributed by atoms with Gasteiger partial charge in [0.15, 0.2) is 0 Å². The predicted molar refractivity (Wildman–Crippen MR) is 107 cm³/mol. The van der Waals surface area contributed by atoms with E-state index < -0.39 is 0 Å². The second-order valence-corrected chi connectivity index (χ2v) is 6.59. The molecule has 0 atom stereocenters. The summed E-state index contributed by atoms with van der Waals surface area (Å²) in [6.07, 6.45) is 7.47. The number of nitrogen functional groups attached to an aromatic ring is 1. The van der Waals surface area contributed by atoms with Crippen LogP contribution in [0.4, 0.5) is 11.8 Å². The van der Waals surface area contributed by atoms with E-state index in [0.29, 0.717) is 42.7 Å². The van der Waals surface area contributed by atoms with Gasteiger partial charge in [-0.3, -0.25) is 9.78 Å². The van der Waals surface area contributed by atoms with E-state index in [9.17, 15) is 4.79 Å². The first-order chi connectivity index (χ1) is 13.7. The zero-order valence-corrected chi connectivity index (χ0v) is 15.4. The van der Waals surface area contributed by atoms with Crippen molar-refractivity contribution in [2.45, 2.75) is 6.42 Å². The molecule has 0 spiro atoms. The summed E-state index contributed by atoms with van der Waals surface area (Å²) in [5, 5.41) is 0. The fraction of sp³-hybridized carbons (Fsp3) is 0.250. The summed E-state index contributed by atoms with van der Waals surface area (Å²) in [6, 6.07) is 9.26. The lowest BCUT2D eigenvalue weighted by atomic mass is 10.1. The smallest absolute Gasteiger partial charge is 0.253 e. The summed E-state index contributed by atoms with van der Waals surface area (Å²) in [5.74, 6) is 1.09. The Kier molecular flexibility index (Phi) is 5.09. The Morgan fingerprint density at radius 3 is 2.57 bits per heavy atom. The number of anilines is 2. The van der Waals surface area contributed by atoms with Crippen LogP contribution in [0.5, 0.6) is 0 Å². The molecule has 0 radical (unpaired) electrons. The Morgan fingerprint density at radius 2 is 1.79 bits per heavy atom. The molecule has 8 heteroatoms. The van der Waals surface area contributed by atoms with E-state index in [4.69, 9.17) is 5.73 Å². The SMILES string of the molecule is Nc1cnc(-c2cccc(C(=O)N3CCCN(c4ncccn4)CC3)c2)cn1. The summed E-state index contributed by atoms with van der Waals surface area (Å²) in [4.78, 5) is 34.0. The first-order valence-corrected chi connectivity index (χ1v) is 9.20. The van der Waals surface area contributed by atoms with Crippen LogP contribution in [0.2, 0.25) is 0 Å². The zero-order valence-electron chi connectivity index (χ0n) is 15.4. The fourth-order valence-electron chi connectivity index (χ4n) is 3.26. The van der Waals surface area contributed by atoms with Gasteiger partial charge in [-0.25, -0.2) is 15.0 Å². The predicted octanol–water partition coefficient (Wildman–Crippen LogP) is 1.87. The Bertz CT molecular complexity index is 946. The van der Waals surface area contributed by atoms with Gasteiger partial charge in [-0.15, -0.1) is 0 Å². The van der Waals surface area contributed by atoms with E-state index in [1.807, 2.05) is 29.2 Å². The molecule has 1 fully saturated rings. The second kappa shape index (κ2) is 7.99. The molecule has 1 amide bonds. The molecule has 28 heavy (non-hydrogen) atoms. The molecule has 0 aliphatic carbocycles. The first kappa shape index (κ1) is 17.8. The summed E-state index contributed by atoms with van der Waals surface area (Å²) < 4.78 is 0. The third-order valence-electron chi connectivity index (χ3n) is 4.70. The van der Waals surface area contributed by atoms with Crippen LogP contribution in [0.1, 0.15) is 16.8 Å². The molecule has 1 aliphatic heterocycles. The van der Waals surface area contributed by atoms with Crippen molar-refractivity contribution >= 4 is 17.7 Å². The molecule has 8 nitrogen and oxygen atoms in total. The van der Waals surface area contributed by atoms with Crippen molar-refractivity contribution in [2.75, 3.05) is 36.8 Å². The molecule has 142 valence electrons. The van der Waals surface area contributed by atoms with Crippen molar-refractivity contribution in [1.82, 2.24) is 24.8 Å². The van der Waals surface area contributed by atoms with Crippen molar-refractivity contribution in [2.24, 2.45) is 0 Å². The van der Waals surface area contributed by atoms with Gasteiger partial charge in [0.25, 0.3) is 5.91 Å². The lowest BCUT2D eigenvalue weighted by molar-refractivity contribution is 0.0767. The van der Waals surface area contributed by atoms with Gasteiger partial charge in [0.1, 0.15) is 5.82 Å². The van der Waals surface area contributed by atoms with Gasteiger partial charge in [-0.2, -0.15) is 0 Å². The first-order valence-electron chi connectivity index (χ1n) is 9.20. The van der Waals surface area contributed by atoms with Crippen molar-refractivity contribution in [1.29, 1.82) is 0 Å². The van der Waals surface area contributed by atoms with E-state index in [2.05, 4.69) is 24.8 Å². The maximum atomic E-state index is 13.1. The van der Waals surface area contributed by atoms with E-state index in [1.165, 1.54) is 6.20 Å². The number of nitrogens with zero attached hydrogens (tertiary/aromatic N) is 6. The summed E-state index contributed by atoms with van der Waals surface area (Å²) in [5.41, 5.74) is 7.77. The Balaban J connectivity index is 1.48. The third-order valence-corrected chi connectivity index (χ3v) is 4.70. The molecule has 1 saturated heterocycles. The number of rotatable bonds is 3. The van der Waals surface area contributed by atoms with Crippen LogP contribution in [0.25, 0.3) is 11.3 Å². The molecule has 1 aromatic carbocycles. The highest BCUT2D eigenvalue weighted by Gasteiger charge is 2.21. The number of carbonyl (C=O) groups is 1. The highest BCUT2D eigenvalue weighted by atomic mass is 16.2. The van der Waals surface area contributed by atoms with Gasteiger partial charge < -0.3 is 15.5 Å². The second-order valence-electron chi connectivity index (χ2n) is 6.59. The van der Waals surface area contributed by atoms with Gasteiger partial charge in [0.05, 0.1) is 18.1 Å². The number of hydrogen-bond donors (Lipinski definition) is 1. The molecule has 0 unspecified atom stereocenters. The highest BCUT2D eigenvalue weighted by molar-refractivity contribution is 5.95. The summed E-state index contributed by atoms with van der Waals surface area (Å²) in [7, 11) is 0. The van der Waals surface area contributed by atoms with Crippen LogP contribution in [-0.4, -0.2) is 56.9 Å². The number of benzene rings is 1. The maximum absolute atomic E-state index is 13.1. The minimum absolute atomic E-state index is 0.0149. The quantitative estimate of drug-likeness (QED) is 0.746.